The molecule has 0 aromatic heterocycles. The molecule has 156 valence electrons. The Hall–Kier alpha value is -3.98. The summed E-state index contributed by atoms with van der Waals surface area (Å²) in [5, 5.41) is 19.5. The van der Waals surface area contributed by atoms with Crippen LogP contribution in [0, 0.1) is 22.5 Å². The van der Waals surface area contributed by atoms with Gasteiger partial charge >= 0.3 is 0 Å². The van der Waals surface area contributed by atoms with Crippen molar-refractivity contribution in [3.63, 3.8) is 0 Å². The van der Waals surface area contributed by atoms with E-state index in [1.54, 1.807) is 12.1 Å². The third kappa shape index (κ3) is 5.77. The van der Waals surface area contributed by atoms with E-state index in [2.05, 4.69) is 34.0 Å². The first kappa shape index (κ1) is 21.7. The first-order chi connectivity index (χ1) is 15.1. The van der Waals surface area contributed by atoms with Crippen molar-refractivity contribution in [1.82, 2.24) is 0 Å². The fourth-order valence-electron chi connectivity index (χ4n) is 3.25. The number of benzene rings is 3. The molecule has 0 aliphatic heterocycles. The molecule has 6 nitrogen and oxygen atoms in total. The number of azo groups is 1. The number of nitrogens with zero attached hydrogens (tertiary/aromatic N) is 4. The fourth-order valence-corrected chi connectivity index (χ4v) is 3.25. The Morgan fingerprint density at radius 1 is 1.03 bits per heavy atom. The maximum absolute atomic E-state index is 10.8. The molecule has 6 heteroatoms. The third-order valence-corrected chi connectivity index (χ3v) is 4.89. The molecule has 0 aliphatic carbocycles. The lowest BCUT2D eigenvalue weighted by Crippen LogP contribution is -2.23. The van der Waals surface area contributed by atoms with Crippen molar-refractivity contribution in [1.29, 1.82) is 0 Å². The van der Waals surface area contributed by atoms with Gasteiger partial charge in [-0.3, -0.25) is 10.1 Å². The Labute approximate surface area is 182 Å². The van der Waals surface area contributed by atoms with E-state index < -0.39 is 4.92 Å². The van der Waals surface area contributed by atoms with Gasteiger partial charge in [0.05, 0.1) is 16.3 Å². The molecule has 3 rings (SSSR count). The highest BCUT2D eigenvalue weighted by Gasteiger charge is 2.11. The first-order valence-electron chi connectivity index (χ1n) is 10.2. The summed E-state index contributed by atoms with van der Waals surface area (Å²) >= 11 is 0. The van der Waals surface area contributed by atoms with Gasteiger partial charge in [-0.2, -0.15) is 5.11 Å². The summed E-state index contributed by atoms with van der Waals surface area (Å²) in [5.41, 5.74) is 4.43. The second kappa shape index (κ2) is 10.7. The van der Waals surface area contributed by atoms with Crippen LogP contribution in [0.25, 0.3) is 11.1 Å². The quantitative estimate of drug-likeness (QED) is 0.126. The topological polar surface area (TPSA) is 71.1 Å². The van der Waals surface area contributed by atoms with Crippen molar-refractivity contribution in [3.8, 4) is 23.5 Å². The summed E-state index contributed by atoms with van der Waals surface area (Å²) in [6.45, 7) is 3.89. The summed E-state index contributed by atoms with van der Waals surface area (Å²) in [6, 6.07) is 22.2. The Kier molecular flexibility index (Phi) is 7.50. The van der Waals surface area contributed by atoms with E-state index in [-0.39, 0.29) is 5.69 Å². The number of nitro benzene ring substituents is 1. The van der Waals surface area contributed by atoms with Gasteiger partial charge in [0.15, 0.2) is 0 Å². The fraction of sp³-hybridized carbons (Fsp3) is 0.200. The van der Waals surface area contributed by atoms with E-state index in [1.165, 1.54) is 12.1 Å². The van der Waals surface area contributed by atoms with E-state index in [9.17, 15) is 10.1 Å². The molecule has 0 heterocycles. The molecule has 0 radical (unpaired) electrons. The Morgan fingerprint density at radius 2 is 1.77 bits per heavy atom. The molecule has 0 aliphatic rings. The van der Waals surface area contributed by atoms with Gasteiger partial charge in [-0.1, -0.05) is 30.3 Å². The van der Waals surface area contributed by atoms with Crippen LogP contribution in [0.15, 0.2) is 83.0 Å². The van der Waals surface area contributed by atoms with Crippen LogP contribution in [-0.2, 0) is 0 Å². The molecule has 0 saturated carbocycles. The molecule has 0 unspecified atom stereocenters. The molecule has 31 heavy (non-hydrogen) atoms. The van der Waals surface area contributed by atoms with Crippen LogP contribution in [-0.4, -0.2) is 18.0 Å². The standard InChI is InChI=1S/C25H24N4O2/c1-3-5-9-18-28(4-2)23-16-17-25(24(19-23)20-10-7-6-8-11-20)27-26-21-12-14-22(15-13-21)29(30)31/h1,6-8,10-17,19H,4-5,9,18H2,2H3. The first-order valence-corrected chi connectivity index (χ1v) is 10.2. The molecule has 0 amide bonds. The number of anilines is 1. The smallest absolute Gasteiger partial charge is 0.269 e. The van der Waals surface area contributed by atoms with Crippen LogP contribution in [0.5, 0.6) is 0 Å². The SMILES string of the molecule is C#CCCCN(CC)c1ccc(N=Nc2ccc([N+](=O)[O-])cc2)c(-c2ccccc2)c1. The minimum atomic E-state index is -0.434. The number of nitro groups is 1. The van der Waals surface area contributed by atoms with Gasteiger partial charge in [-0.25, -0.2) is 0 Å². The predicted octanol–water partition coefficient (Wildman–Crippen LogP) is 6.92. The zero-order valence-electron chi connectivity index (χ0n) is 17.4. The van der Waals surface area contributed by atoms with Crippen molar-refractivity contribution < 1.29 is 4.92 Å². The largest absolute Gasteiger partial charge is 0.372 e. The Balaban J connectivity index is 1.93. The second-order valence-corrected chi connectivity index (χ2v) is 6.93. The van der Waals surface area contributed by atoms with Crippen molar-refractivity contribution in [2.24, 2.45) is 10.2 Å². The third-order valence-electron chi connectivity index (χ3n) is 4.89. The molecule has 0 bridgehead atoms. The van der Waals surface area contributed by atoms with E-state index in [1.807, 2.05) is 42.5 Å². The summed E-state index contributed by atoms with van der Waals surface area (Å²) in [4.78, 5) is 12.7. The van der Waals surface area contributed by atoms with Crippen molar-refractivity contribution >= 4 is 22.7 Å². The zero-order chi connectivity index (χ0) is 22.1. The van der Waals surface area contributed by atoms with Gasteiger partial charge in [0.2, 0.25) is 0 Å². The van der Waals surface area contributed by atoms with Crippen LogP contribution in [0.3, 0.4) is 0 Å². The van der Waals surface area contributed by atoms with Gasteiger partial charge in [0.1, 0.15) is 0 Å². The molecular weight excluding hydrogens is 388 g/mol. The van der Waals surface area contributed by atoms with Crippen LogP contribution >= 0.6 is 0 Å². The minimum Gasteiger partial charge on any atom is -0.372 e. The minimum absolute atomic E-state index is 0.0257. The van der Waals surface area contributed by atoms with Crippen LogP contribution < -0.4 is 4.90 Å². The summed E-state index contributed by atoms with van der Waals surface area (Å²) < 4.78 is 0. The number of terminal acetylenes is 1. The highest BCUT2D eigenvalue weighted by molar-refractivity contribution is 5.79. The van der Waals surface area contributed by atoms with Gasteiger partial charge < -0.3 is 4.90 Å². The predicted molar refractivity (Wildman–Crippen MR) is 125 cm³/mol. The second-order valence-electron chi connectivity index (χ2n) is 6.93. The zero-order valence-corrected chi connectivity index (χ0v) is 17.4. The van der Waals surface area contributed by atoms with Crippen LogP contribution in [0.4, 0.5) is 22.7 Å². The van der Waals surface area contributed by atoms with E-state index >= 15 is 0 Å². The van der Waals surface area contributed by atoms with E-state index in [4.69, 9.17) is 6.42 Å². The van der Waals surface area contributed by atoms with Crippen LogP contribution in [0.2, 0.25) is 0 Å². The highest BCUT2D eigenvalue weighted by Crippen LogP contribution is 2.35. The maximum Gasteiger partial charge on any atom is 0.269 e. The molecule has 0 fully saturated rings. The Morgan fingerprint density at radius 3 is 2.42 bits per heavy atom. The highest BCUT2D eigenvalue weighted by atomic mass is 16.6. The molecule has 0 saturated heterocycles. The number of rotatable bonds is 9. The lowest BCUT2D eigenvalue weighted by atomic mass is 10.0. The summed E-state index contributed by atoms with van der Waals surface area (Å²) in [7, 11) is 0. The van der Waals surface area contributed by atoms with Gasteiger partial charge in [-0.15, -0.1) is 17.5 Å². The van der Waals surface area contributed by atoms with E-state index in [0.29, 0.717) is 5.69 Å². The number of hydrogen-bond donors (Lipinski definition) is 0. The summed E-state index contributed by atoms with van der Waals surface area (Å²) in [5.74, 6) is 2.70. The normalized spacial score (nSPS) is 10.7. The van der Waals surface area contributed by atoms with Gasteiger partial charge in [-0.05, 0) is 49.2 Å². The number of non-ortho nitro benzene ring substituents is 1. The van der Waals surface area contributed by atoms with Crippen molar-refractivity contribution in [3.05, 3.63) is 82.9 Å². The average Bonchev–Trinajstić information content (AvgIpc) is 2.81. The molecule has 0 atom stereocenters. The lowest BCUT2D eigenvalue weighted by molar-refractivity contribution is -0.384. The number of unbranched alkanes of at least 4 members (excludes halogenated alkanes) is 1. The molecule has 0 spiro atoms. The average molecular weight is 412 g/mol. The summed E-state index contributed by atoms with van der Waals surface area (Å²) in [6.07, 6.45) is 7.09. The van der Waals surface area contributed by atoms with Crippen molar-refractivity contribution in [2.45, 2.75) is 19.8 Å². The molecule has 0 N–H and O–H groups in total. The van der Waals surface area contributed by atoms with Crippen LogP contribution in [0.1, 0.15) is 19.8 Å². The Bertz CT molecular complexity index is 1090. The molecule has 3 aromatic carbocycles. The number of hydrogen-bond acceptors (Lipinski definition) is 5. The molecule has 3 aromatic rings. The monoisotopic (exact) mass is 412 g/mol. The lowest BCUT2D eigenvalue weighted by Gasteiger charge is -2.24. The van der Waals surface area contributed by atoms with E-state index in [0.717, 1.165) is 48.4 Å². The van der Waals surface area contributed by atoms with Gasteiger partial charge in [0.25, 0.3) is 5.69 Å². The molecular formula is C25H24N4O2. The van der Waals surface area contributed by atoms with Crippen molar-refractivity contribution in [2.75, 3.05) is 18.0 Å². The van der Waals surface area contributed by atoms with Gasteiger partial charge in [0, 0.05) is 42.9 Å². The maximum atomic E-state index is 10.8.